The molecule has 1 aliphatic rings. The molecule has 1 amide bonds. The fourth-order valence-corrected chi connectivity index (χ4v) is 2.68. The van der Waals surface area contributed by atoms with E-state index in [1.54, 1.807) is 24.1 Å². The minimum atomic E-state index is -0.0783. The minimum Gasteiger partial charge on any atom is -0.466 e. The van der Waals surface area contributed by atoms with Gasteiger partial charge in [-0.2, -0.15) is 0 Å². The first-order valence-corrected chi connectivity index (χ1v) is 5.93. The van der Waals surface area contributed by atoms with E-state index in [0.29, 0.717) is 0 Å². The van der Waals surface area contributed by atoms with Gasteiger partial charge in [0.2, 0.25) is 0 Å². The molecule has 80 valence electrons. The van der Waals surface area contributed by atoms with Gasteiger partial charge in [0.1, 0.15) is 5.76 Å². The van der Waals surface area contributed by atoms with Crippen LogP contribution in [0.2, 0.25) is 0 Å². The summed E-state index contributed by atoms with van der Waals surface area (Å²) in [6, 6.07) is 9.37. The summed E-state index contributed by atoms with van der Waals surface area (Å²) < 4.78 is 5.32. The Kier molecular flexibility index (Phi) is 2.22. The van der Waals surface area contributed by atoms with Gasteiger partial charge in [-0.15, -0.1) is 11.8 Å². The Morgan fingerprint density at radius 2 is 2.12 bits per heavy atom. The predicted octanol–water partition coefficient (Wildman–Crippen LogP) is 3.14. The smallest absolute Gasteiger partial charge is 0.256 e. The number of benzene rings is 1. The second kappa shape index (κ2) is 3.72. The fourth-order valence-electron chi connectivity index (χ4n) is 1.68. The lowest BCUT2D eigenvalue weighted by Crippen LogP contribution is -2.14. The van der Waals surface area contributed by atoms with Crippen LogP contribution in [-0.2, 0) is 5.75 Å². The monoisotopic (exact) mass is 231 g/mol. The quantitative estimate of drug-likeness (QED) is 0.757. The molecule has 0 fully saturated rings. The first kappa shape index (κ1) is 9.54. The molecule has 2 aromatic rings. The Morgan fingerprint density at radius 1 is 1.25 bits per heavy atom. The molecule has 0 aliphatic carbocycles. The lowest BCUT2D eigenvalue weighted by Gasteiger charge is -2.13. The van der Waals surface area contributed by atoms with Crippen LogP contribution in [0.4, 0.5) is 5.69 Å². The van der Waals surface area contributed by atoms with E-state index in [1.165, 1.54) is 0 Å². The van der Waals surface area contributed by atoms with Crippen molar-refractivity contribution < 1.29 is 9.21 Å². The van der Waals surface area contributed by atoms with Crippen LogP contribution in [0.3, 0.4) is 0 Å². The van der Waals surface area contributed by atoms with Crippen molar-refractivity contribution in [2.75, 3.05) is 5.32 Å². The number of hydrogen-bond donors (Lipinski definition) is 1. The maximum atomic E-state index is 12.0. The highest BCUT2D eigenvalue weighted by atomic mass is 32.2. The molecule has 0 radical (unpaired) electrons. The van der Waals surface area contributed by atoms with E-state index in [9.17, 15) is 4.79 Å². The van der Waals surface area contributed by atoms with Gasteiger partial charge in [-0.3, -0.25) is 4.79 Å². The van der Waals surface area contributed by atoms with Crippen LogP contribution in [-0.4, -0.2) is 5.91 Å². The SMILES string of the molecule is O=C1Nc2ccoc2CSc2ccccc21. The predicted molar refractivity (Wildman–Crippen MR) is 62.7 cm³/mol. The summed E-state index contributed by atoms with van der Waals surface area (Å²) in [4.78, 5) is 12.9. The van der Waals surface area contributed by atoms with Crippen molar-refractivity contribution in [3.63, 3.8) is 0 Å². The first-order valence-electron chi connectivity index (χ1n) is 4.94. The van der Waals surface area contributed by atoms with Gasteiger partial charge in [0.15, 0.2) is 0 Å². The van der Waals surface area contributed by atoms with Crippen LogP contribution < -0.4 is 5.32 Å². The molecule has 0 atom stereocenters. The van der Waals surface area contributed by atoms with Crippen LogP contribution in [0.15, 0.2) is 45.9 Å². The molecule has 3 nitrogen and oxygen atoms in total. The van der Waals surface area contributed by atoms with Gasteiger partial charge < -0.3 is 9.73 Å². The lowest BCUT2D eigenvalue weighted by atomic mass is 10.2. The average Bonchev–Trinajstić information content (AvgIpc) is 2.72. The largest absolute Gasteiger partial charge is 0.466 e. The molecule has 0 spiro atoms. The van der Waals surface area contributed by atoms with Gasteiger partial charge in [0, 0.05) is 11.0 Å². The maximum Gasteiger partial charge on any atom is 0.256 e. The van der Waals surface area contributed by atoms with Gasteiger partial charge >= 0.3 is 0 Å². The highest BCUT2D eigenvalue weighted by Crippen LogP contribution is 2.32. The molecule has 0 saturated heterocycles. The molecule has 0 unspecified atom stereocenters. The average molecular weight is 231 g/mol. The van der Waals surface area contributed by atoms with Crippen molar-refractivity contribution in [2.24, 2.45) is 0 Å². The van der Waals surface area contributed by atoms with Crippen LogP contribution >= 0.6 is 11.8 Å². The molecule has 1 N–H and O–H groups in total. The molecule has 0 bridgehead atoms. The summed E-state index contributed by atoms with van der Waals surface area (Å²) in [5.74, 6) is 1.47. The van der Waals surface area contributed by atoms with Crippen LogP contribution in [0.1, 0.15) is 16.1 Å². The second-order valence-electron chi connectivity index (χ2n) is 3.50. The third kappa shape index (κ3) is 1.51. The number of amides is 1. The number of hydrogen-bond acceptors (Lipinski definition) is 3. The zero-order chi connectivity index (χ0) is 11.0. The summed E-state index contributed by atoms with van der Waals surface area (Å²) in [7, 11) is 0. The number of fused-ring (bicyclic) bond motifs is 2. The van der Waals surface area contributed by atoms with Crippen molar-refractivity contribution in [1.29, 1.82) is 0 Å². The van der Waals surface area contributed by atoms with E-state index in [4.69, 9.17) is 4.42 Å². The van der Waals surface area contributed by atoms with E-state index in [-0.39, 0.29) is 5.91 Å². The molecule has 2 heterocycles. The molecule has 1 aromatic carbocycles. The highest BCUT2D eigenvalue weighted by Gasteiger charge is 2.18. The number of thioether (sulfide) groups is 1. The first-order chi connectivity index (χ1) is 7.84. The molecule has 16 heavy (non-hydrogen) atoms. The normalized spacial score (nSPS) is 14.4. The number of furan rings is 1. The maximum absolute atomic E-state index is 12.0. The zero-order valence-corrected chi connectivity index (χ0v) is 9.21. The van der Waals surface area contributed by atoms with Crippen LogP contribution in [0.25, 0.3) is 0 Å². The third-order valence-electron chi connectivity index (χ3n) is 2.48. The number of carbonyl (C=O) groups is 1. The number of rotatable bonds is 0. The molecule has 1 aliphatic heterocycles. The van der Waals surface area contributed by atoms with Gasteiger partial charge in [0.05, 0.1) is 23.3 Å². The molecule has 3 rings (SSSR count). The zero-order valence-electron chi connectivity index (χ0n) is 8.40. The Balaban J connectivity index is 2.07. The Labute approximate surface area is 96.8 Å². The van der Waals surface area contributed by atoms with E-state index in [1.807, 2.05) is 24.3 Å². The third-order valence-corrected chi connectivity index (χ3v) is 3.56. The number of nitrogens with one attached hydrogen (secondary N) is 1. The standard InChI is InChI=1S/C12H9NO2S/c14-12-8-3-1-2-4-11(8)16-7-10-9(13-12)5-6-15-10/h1-6H,7H2,(H,13,14). The molecule has 1 aromatic heterocycles. The van der Waals surface area contributed by atoms with Gasteiger partial charge in [-0.1, -0.05) is 12.1 Å². The van der Waals surface area contributed by atoms with E-state index < -0.39 is 0 Å². The minimum absolute atomic E-state index is 0.0783. The van der Waals surface area contributed by atoms with E-state index in [2.05, 4.69) is 5.32 Å². The number of anilines is 1. The van der Waals surface area contributed by atoms with Crippen molar-refractivity contribution in [3.05, 3.63) is 47.9 Å². The van der Waals surface area contributed by atoms with E-state index >= 15 is 0 Å². The summed E-state index contributed by atoms with van der Waals surface area (Å²) in [6.45, 7) is 0. The van der Waals surface area contributed by atoms with Crippen molar-refractivity contribution in [2.45, 2.75) is 10.6 Å². The Bertz CT molecular complexity index is 547. The van der Waals surface area contributed by atoms with Crippen molar-refractivity contribution >= 4 is 23.4 Å². The van der Waals surface area contributed by atoms with Gasteiger partial charge in [0.25, 0.3) is 5.91 Å². The summed E-state index contributed by atoms with van der Waals surface area (Å²) >= 11 is 1.62. The summed E-state index contributed by atoms with van der Waals surface area (Å²) in [5, 5.41) is 2.85. The van der Waals surface area contributed by atoms with Crippen LogP contribution in [0.5, 0.6) is 0 Å². The number of carbonyl (C=O) groups excluding carboxylic acids is 1. The summed E-state index contributed by atoms with van der Waals surface area (Å²) in [6.07, 6.45) is 1.60. The van der Waals surface area contributed by atoms with Crippen molar-refractivity contribution in [1.82, 2.24) is 0 Å². The molecule has 4 heteroatoms. The second-order valence-corrected chi connectivity index (χ2v) is 4.51. The Hall–Kier alpha value is -1.68. The van der Waals surface area contributed by atoms with Crippen LogP contribution in [0, 0.1) is 0 Å². The lowest BCUT2D eigenvalue weighted by molar-refractivity contribution is 0.102. The topological polar surface area (TPSA) is 42.2 Å². The summed E-state index contributed by atoms with van der Waals surface area (Å²) in [5.41, 5.74) is 1.49. The van der Waals surface area contributed by atoms with Gasteiger partial charge in [-0.05, 0) is 12.1 Å². The molecular weight excluding hydrogens is 222 g/mol. The Morgan fingerprint density at radius 3 is 3.06 bits per heavy atom. The molecular formula is C12H9NO2S. The molecule has 0 saturated carbocycles. The fraction of sp³-hybridized carbons (Fsp3) is 0.0833. The highest BCUT2D eigenvalue weighted by molar-refractivity contribution is 7.98. The van der Waals surface area contributed by atoms with Crippen molar-refractivity contribution in [3.8, 4) is 0 Å². The van der Waals surface area contributed by atoms with E-state index in [0.717, 1.165) is 27.7 Å². The van der Waals surface area contributed by atoms with Gasteiger partial charge in [-0.25, -0.2) is 0 Å².